The number of hydrogen-bond donors (Lipinski definition) is 0. The van der Waals surface area contributed by atoms with E-state index in [0.29, 0.717) is 0 Å². The van der Waals surface area contributed by atoms with Gasteiger partial charge >= 0.3 is 0 Å². The molecule has 0 fully saturated rings. The molecule has 10 aromatic rings. The molecule has 0 aromatic heterocycles. The van der Waals surface area contributed by atoms with Crippen molar-refractivity contribution in [2.45, 2.75) is 0 Å². The van der Waals surface area contributed by atoms with E-state index in [9.17, 15) is 0 Å². The molecule has 0 N–H and O–H groups in total. The fourth-order valence-corrected chi connectivity index (χ4v) is 8.62. The Bertz CT molecular complexity index is 2840. The van der Waals surface area contributed by atoms with Gasteiger partial charge in [-0.15, -0.1) is 0 Å². The molecule has 0 aliphatic rings. The third-order valence-electron chi connectivity index (χ3n) is 11.5. The van der Waals surface area contributed by atoms with E-state index in [1.54, 1.807) is 0 Å². The summed E-state index contributed by atoms with van der Waals surface area (Å²) in [5, 5.41) is 0. The predicted octanol–water partition coefficient (Wildman–Crippen LogP) is 16.8. The highest BCUT2D eigenvalue weighted by atomic mass is 15.1. The third kappa shape index (κ3) is 7.69. The smallest absolute Gasteiger partial charge is 0.0467 e. The first kappa shape index (κ1) is 37.3. The average Bonchev–Trinajstić information content (AvgIpc) is 3.35. The minimum atomic E-state index is 1.08. The lowest BCUT2D eigenvalue weighted by Crippen LogP contribution is -2.10. The number of anilines is 3. The van der Waals surface area contributed by atoms with Crippen molar-refractivity contribution in [3.05, 3.63) is 261 Å². The van der Waals surface area contributed by atoms with Crippen LogP contribution in [0, 0.1) is 0 Å². The van der Waals surface area contributed by atoms with Crippen LogP contribution in [0.1, 0.15) is 0 Å². The highest BCUT2D eigenvalue weighted by Gasteiger charge is 2.19. The fraction of sp³-hybridized carbons (Fsp3) is 0. The van der Waals surface area contributed by atoms with Crippen LogP contribution in [0.2, 0.25) is 0 Å². The highest BCUT2D eigenvalue weighted by Crippen LogP contribution is 2.44. The van der Waals surface area contributed by atoms with E-state index in [2.05, 4.69) is 266 Å². The summed E-state index contributed by atoms with van der Waals surface area (Å²) in [5.41, 5.74) is 20.1. The molecule has 0 amide bonds. The second-order valence-corrected chi connectivity index (χ2v) is 15.3. The Morgan fingerprint density at radius 2 is 0.475 bits per heavy atom. The normalized spacial score (nSPS) is 11.0. The van der Waals surface area contributed by atoms with Crippen LogP contribution in [0.5, 0.6) is 0 Å². The highest BCUT2D eigenvalue weighted by molar-refractivity contribution is 5.96. The summed E-state index contributed by atoms with van der Waals surface area (Å²) in [4.78, 5) is 2.37. The Hall–Kier alpha value is -8.00. The summed E-state index contributed by atoms with van der Waals surface area (Å²) in [6.07, 6.45) is 0. The standard InChI is InChI=1S/C60H43N/c1-6-19-44(20-7-1)51-29-16-30-54(43-51)61(52-39-35-47(36-40-52)57-33-17-31-55(45-21-8-2-9-22-45)59(57)49-25-12-4-13-26-49)53-41-37-48(38-42-53)58-34-18-32-56(46-23-10-3-11-24-46)60(58)50-27-14-5-15-28-50/h1-43H. The van der Waals surface area contributed by atoms with E-state index in [1.807, 2.05) is 0 Å². The Labute approximate surface area is 359 Å². The van der Waals surface area contributed by atoms with E-state index in [4.69, 9.17) is 0 Å². The van der Waals surface area contributed by atoms with Gasteiger partial charge in [-0.2, -0.15) is 0 Å². The minimum Gasteiger partial charge on any atom is -0.310 e. The zero-order valence-corrected chi connectivity index (χ0v) is 33.8. The van der Waals surface area contributed by atoms with Gasteiger partial charge in [-0.25, -0.2) is 0 Å². The molecule has 0 saturated heterocycles. The van der Waals surface area contributed by atoms with Gasteiger partial charge in [0.15, 0.2) is 0 Å². The van der Waals surface area contributed by atoms with Crippen LogP contribution in [0.4, 0.5) is 17.1 Å². The van der Waals surface area contributed by atoms with Crippen LogP contribution in [-0.2, 0) is 0 Å². The molecule has 0 heterocycles. The summed E-state index contributed by atoms with van der Waals surface area (Å²) < 4.78 is 0. The molecule has 288 valence electrons. The van der Waals surface area contributed by atoms with Crippen molar-refractivity contribution in [3.8, 4) is 77.9 Å². The van der Waals surface area contributed by atoms with Gasteiger partial charge in [-0.1, -0.05) is 224 Å². The van der Waals surface area contributed by atoms with Crippen LogP contribution >= 0.6 is 0 Å². The Kier molecular flexibility index (Phi) is 10.4. The maximum Gasteiger partial charge on any atom is 0.0467 e. The van der Waals surface area contributed by atoms with Crippen LogP contribution in [0.15, 0.2) is 261 Å². The molecule has 0 bridgehead atoms. The van der Waals surface area contributed by atoms with E-state index >= 15 is 0 Å². The van der Waals surface area contributed by atoms with E-state index in [-0.39, 0.29) is 0 Å². The SMILES string of the molecule is c1ccc(-c2cccc(N(c3ccc(-c4cccc(-c5ccccc5)c4-c4ccccc4)cc3)c3ccc(-c4cccc(-c5ccccc5)c4-c4ccccc4)cc3)c2)cc1. The van der Waals surface area contributed by atoms with E-state index < -0.39 is 0 Å². The van der Waals surface area contributed by atoms with Crippen molar-refractivity contribution < 1.29 is 0 Å². The zero-order valence-electron chi connectivity index (χ0n) is 33.8. The van der Waals surface area contributed by atoms with Gasteiger partial charge < -0.3 is 4.90 Å². The summed E-state index contributed by atoms with van der Waals surface area (Å²) in [6, 6.07) is 93.9. The first-order chi connectivity index (χ1) is 30.3. The lowest BCUT2D eigenvalue weighted by Gasteiger charge is -2.27. The number of hydrogen-bond acceptors (Lipinski definition) is 1. The topological polar surface area (TPSA) is 3.24 Å². The quantitative estimate of drug-likeness (QED) is 0.134. The zero-order chi connectivity index (χ0) is 40.8. The molecule has 0 radical (unpaired) electrons. The molecular weight excluding hydrogens is 735 g/mol. The van der Waals surface area contributed by atoms with Gasteiger partial charge in [0.05, 0.1) is 0 Å². The van der Waals surface area contributed by atoms with Gasteiger partial charge in [-0.3, -0.25) is 0 Å². The first-order valence-electron chi connectivity index (χ1n) is 20.9. The summed E-state index contributed by atoms with van der Waals surface area (Å²) in [7, 11) is 0. The molecule has 0 aliphatic carbocycles. The second-order valence-electron chi connectivity index (χ2n) is 15.3. The lowest BCUT2D eigenvalue weighted by atomic mass is 9.87. The minimum absolute atomic E-state index is 1.08. The van der Waals surface area contributed by atoms with Crippen LogP contribution < -0.4 is 4.90 Å². The monoisotopic (exact) mass is 777 g/mol. The van der Waals surface area contributed by atoms with Crippen molar-refractivity contribution in [3.63, 3.8) is 0 Å². The van der Waals surface area contributed by atoms with Crippen molar-refractivity contribution in [2.75, 3.05) is 4.90 Å². The molecule has 1 nitrogen and oxygen atoms in total. The van der Waals surface area contributed by atoms with E-state index in [1.165, 1.54) is 77.9 Å². The fourth-order valence-electron chi connectivity index (χ4n) is 8.62. The van der Waals surface area contributed by atoms with Gasteiger partial charge in [0, 0.05) is 17.1 Å². The third-order valence-corrected chi connectivity index (χ3v) is 11.5. The summed E-state index contributed by atoms with van der Waals surface area (Å²) >= 11 is 0. The van der Waals surface area contributed by atoms with Crippen molar-refractivity contribution in [2.24, 2.45) is 0 Å². The Balaban J connectivity index is 1.09. The Morgan fingerprint density at radius 1 is 0.180 bits per heavy atom. The largest absolute Gasteiger partial charge is 0.310 e. The Morgan fingerprint density at radius 3 is 0.852 bits per heavy atom. The van der Waals surface area contributed by atoms with Gasteiger partial charge in [-0.05, 0) is 114 Å². The number of nitrogens with zero attached hydrogens (tertiary/aromatic N) is 1. The van der Waals surface area contributed by atoms with Crippen molar-refractivity contribution in [1.29, 1.82) is 0 Å². The van der Waals surface area contributed by atoms with Crippen molar-refractivity contribution in [1.82, 2.24) is 0 Å². The van der Waals surface area contributed by atoms with Gasteiger partial charge in [0.1, 0.15) is 0 Å². The molecule has 1 heteroatoms. The van der Waals surface area contributed by atoms with Crippen molar-refractivity contribution >= 4 is 17.1 Å². The molecular formula is C60H43N. The van der Waals surface area contributed by atoms with Crippen LogP contribution in [0.25, 0.3) is 77.9 Å². The molecule has 0 saturated carbocycles. The molecule has 0 aliphatic heterocycles. The van der Waals surface area contributed by atoms with Crippen LogP contribution in [0.3, 0.4) is 0 Å². The number of benzene rings is 10. The lowest BCUT2D eigenvalue weighted by molar-refractivity contribution is 1.28. The van der Waals surface area contributed by atoms with E-state index in [0.717, 1.165) is 17.1 Å². The average molecular weight is 778 g/mol. The summed E-state index contributed by atoms with van der Waals surface area (Å²) in [5.74, 6) is 0. The molecule has 0 unspecified atom stereocenters. The van der Waals surface area contributed by atoms with Crippen LogP contribution in [-0.4, -0.2) is 0 Å². The maximum atomic E-state index is 2.37. The maximum absolute atomic E-state index is 2.37. The first-order valence-corrected chi connectivity index (χ1v) is 20.9. The predicted molar refractivity (Wildman–Crippen MR) is 259 cm³/mol. The second kappa shape index (κ2) is 17.1. The molecule has 0 atom stereocenters. The molecule has 10 rings (SSSR count). The van der Waals surface area contributed by atoms with Gasteiger partial charge in [0.25, 0.3) is 0 Å². The summed E-state index contributed by atoms with van der Waals surface area (Å²) in [6.45, 7) is 0. The molecule has 0 spiro atoms. The molecule has 10 aromatic carbocycles. The van der Waals surface area contributed by atoms with Gasteiger partial charge in [0.2, 0.25) is 0 Å². The number of rotatable bonds is 10. The molecule has 61 heavy (non-hydrogen) atoms.